The third kappa shape index (κ3) is 20.4. The van der Waals surface area contributed by atoms with Crippen molar-refractivity contribution in [1.29, 1.82) is 0 Å². The minimum absolute atomic E-state index is 0.00551. The van der Waals surface area contributed by atoms with Crippen LogP contribution in [0.15, 0.2) is 4.99 Å². The van der Waals surface area contributed by atoms with E-state index in [1.165, 1.54) is 32.7 Å². The Morgan fingerprint density at radius 3 is 1.75 bits per heavy atom. The van der Waals surface area contributed by atoms with Gasteiger partial charge in [-0.05, 0) is 57.3 Å². The van der Waals surface area contributed by atoms with Gasteiger partial charge in [0.1, 0.15) is 48.3 Å². The third-order valence-corrected chi connectivity index (χ3v) is 12.7. The number of amides is 11. The van der Waals surface area contributed by atoms with Crippen LogP contribution in [0.1, 0.15) is 101 Å². The number of nitrogens with zero attached hydrogens (tertiary/aromatic N) is 4. The van der Waals surface area contributed by atoms with Crippen molar-refractivity contribution < 1.29 is 63.0 Å². The van der Waals surface area contributed by atoms with Crippen LogP contribution < -0.4 is 54.4 Å². The van der Waals surface area contributed by atoms with E-state index >= 15 is 0 Å². The summed E-state index contributed by atoms with van der Waals surface area (Å²) >= 11 is 0. The maximum Gasteiger partial charge on any atom is 0.248 e. The van der Waals surface area contributed by atoms with Gasteiger partial charge < -0.3 is 79.3 Å². The standard InChI is InChI=1S/C46H82N14O13/c1-12-24(5)35(42(70)53-29(16-14-18-50-46(48)49)44(72)60-19-15-17-30(60)39(67)52-26(7)38(47)66)55-40(68)31(22-61)59(11)45(73)37(27(8)62)57-43(71)36(25(6)13-2)56-41(69)34(23(3)4)54-32(64)20-51-33(65)21-58(10)28(9)63/h23-27,29-31,34-37,61-62H,12-22H2,1-11H3,(H2,47,66)(H,51,65)(H,52,67)(H,53,70)(H,54,64)(H,55,68)(H,56,69)(H,57,71)(H4,48,49,50)/t24-,25-,26+,27+,29-,30-,31-,34-,35-,36+,37-/m0/s1. The number of aliphatic hydroxyl groups excluding tert-OH is 2. The molecule has 1 heterocycles. The number of rotatable bonds is 30. The Hall–Kier alpha value is -6.64. The summed E-state index contributed by atoms with van der Waals surface area (Å²) in [5.41, 5.74) is 16.3. The van der Waals surface area contributed by atoms with Crippen LogP contribution in [0.25, 0.3) is 0 Å². The van der Waals surface area contributed by atoms with Crippen molar-refractivity contribution in [2.45, 2.75) is 155 Å². The van der Waals surface area contributed by atoms with Gasteiger partial charge in [0.05, 0.1) is 25.8 Å². The highest BCUT2D eigenvalue weighted by molar-refractivity contribution is 5.99. The zero-order chi connectivity index (χ0) is 56.0. The van der Waals surface area contributed by atoms with Crippen molar-refractivity contribution in [2.75, 3.05) is 46.9 Å². The van der Waals surface area contributed by atoms with Crippen molar-refractivity contribution in [1.82, 2.24) is 51.9 Å². The molecule has 1 fully saturated rings. The molecule has 0 bridgehead atoms. The smallest absolute Gasteiger partial charge is 0.248 e. The minimum Gasteiger partial charge on any atom is -0.394 e. The summed E-state index contributed by atoms with van der Waals surface area (Å²) in [6.07, 6.45) is -0.0476. The molecular weight excluding hydrogens is 957 g/mol. The largest absolute Gasteiger partial charge is 0.394 e. The fourth-order valence-electron chi connectivity index (χ4n) is 7.51. The second kappa shape index (κ2) is 31.1. The molecule has 1 aliphatic rings. The maximum atomic E-state index is 14.2. The molecule has 27 nitrogen and oxygen atoms in total. The molecule has 11 amide bonds. The number of primary amides is 1. The Morgan fingerprint density at radius 1 is 0.726 bits per heavy atom. The van der Waals surface area contributed by atoms with Gasteiger partial charge in [0.2, 0.25) is 65.0 Å². The topological polar surface area (TPSA) is 413 Å². The number of nitrogens with two attached hydrogens (primary N) is 3. The summed E-state index contributed by atoms with van der Waals surface area (Å²) < 4.78 is 0. The molecule has 0 aliphatic carbocycles. The highest BCUT2D eigenvalue weighted by Gasteiger charge is 2.42. The van der Waals surface area contributed by atoms with E-state index in [0.29, 0.717) is 19.3 Å². The van der Waals surface area contributed by atoms with Crippen LogP contribution in [0.2, 0.25) is 0 Å². The fourth-order valence-corrected chi connectivity index (χ4v) is 7.51. The minimum atomic E-state index is -1.75. The van der Waals surface area contributed by atoms with Gasteiger partial charge in [-0.2, -0.15) is 0 Å². The third-order valence-electron chi connectivity index (χ3n) is 12.7. The zero-order valence-corrected chi connectivity index (χ0v) is 44.1. The van der Waals surface area contributed by atoms with Gasteiger partial charge in [-0.25, -0.2) is 0 Å². The number of nitrogens with one attached hydrogen (secondary N) is 7. The maximum absolute atomic E-state index is 14.2. The molecule has 1 rings (SSSR count). The molecule has 11 atom stereocenters. The average molecular weight is 1040 g/mol. The molecule has 1 saturated heterocycles. The molecule has 1 aliphatic heterocycles. The van der Waals surface area contributed by atoms with Gasteiger partial charge in [0.25, 0.3) is 0 Å². The predicted molar refractivity (Wildman–Crippen MR) is 266 cm³/mol. The van der Waals surface area contributed by atoms with E-state index in [9.17, 15) is 63.0 Å². The number of likely N-dealkylation sites (tertiary alicyclic amines) is 1. The van der Waals surface area contributed by atoms with E-state index in [0.717, 1.165) is 16.8 Å². The van der Waals surface area contributed by atoms with Crippen LogP contribution in [-0.2, 0) is 52.7 Å². The molecule has 27 heteroatoms. The Labute approximate surface area is 427 Å². The number of guanidine groups is 1. The van der Waals surface area contributed by atoms with Crippen LogP contribution in [0.4, 0.5) is 0 Å². The predicted octanol–water partition coefficient (Wildman–Crippen LogP) is -5.01. The first-order valence-electron chi connectivity index (χ1n) is 24.5. The number of likely N-dealkylation sites (N-methyl/N-ethyl adjacent to an activating group) is 2. The van der Waals surface area contributed by atoms with Crippen molar-refractivity contribution in [2.24, 2.45) is 39.9 Å². The molecule has 15 N–H and O–H groups in total. The van der Waals surface area contributed by atoms with Crippen molar-refractivity contribution in [3.8, 4) is 0 Å². The summed E-state index contributed by atoms with van der Waals surface area (Å²) in [4.78, 5) is 153. The van der Waals surface area contributed by atoms with Gasteiger partial charge in [0, 0.05) is 34.1 Å². The highest BCUT2D eigenvalue weighted by Crippen LogP contribution is 2.21. The van der Waals surface area contributed by atoms with Crippen LogP contribution in [0.3, 0.4) is 0 Å². The quantitative estimate of drug-likeness (QED) is 0.0182. The number of aliphatic hydroxyl groups is 2. The van der Waals surface area contributed by atoms with Crippen molar-refractivity contribution in [3.63, 3.8) is 0 Å². The van der Waals surface area contributed by atoms with Gasteiger partial charge in [-0.1, -0.05) is 54.4 Å². The lowest BCUT2D eigenvalue weighted by Crippen LogP contribution is -2.63. The van der Waals surface area contributed by atoms with Crippen molar-refractivity contribution >= 4 is 70.9 Å². The van der Waals surface area contributed by atoms with Gasteiger partial charge in [0.15, 0.2) is 5.96 Å². The first-order valence-corrected chi connectivity index (χ1v) is 24.5. The number of carbonyl (C=O) groups excluding carboxylic acids is 11. The molecule has 0 saturated carbocycles. The molecule has 0 aromatic heterocycles. The SMILES string of the molecule is CC[C@H](C)[C@H](NC(=O)[C@H](CO)N(C)C(=O)[C@@H](NC(=O)[C@H](NC(=O)[C@@H](NC(=O)CNC(=O)CN(C)C(C)=O)C(C)C)[C@@H](C)CC)[C@@H](C)O)C(=O)N[C@@H](CCCN=C(N)N)C(=O)N1CCC[C@H]1C(=O)N[C@H](C)C(N)=O. The molecule has 0 aromatic rings. The monoisotopic (exact) mass is 1040 g/mol. The summed E-state index contributed by atoms with van der Waals surface area (Å²) in [7, 11) is 2.54. The Morgan fingerprint density at radius 2 is 1.26 bits per heavy atom. The molecule has 0 aromatic carbocycles. The van der Waals surface area contributed by atoms with E-state index in [4.69, 9.17) is 17.2 Å². The van der Waals surface area contributed by atoms with Crippen LogP contribution in [0.5, 0.6) is 0 Å². The van der Waals surface area contributed by atoms with E-state index in [2.05, 4.69) is 42.2 Å². The molecule has 0 spiro atoms. The zero-order valence-electron chi connectivity index (χ0n) is 44.1. The number of hydrogen-bond donors (Lipinski definition) is 12. The molecule has 414 valence electrons. The summed E-state index contributed by atoms with van der Waals surface area (Å²) in [6.45, 7) is 12.3. The summed E-state index contributed by atoms with van der Waals surface area (Å²) in [5.74, 6) is -10.2. The van der Waals surface area contributed by atoms with E-state index in [-0.39, 0.29) is 50.8 Å². The Bertz CT molecular complexity index is 1980. The van der Waals surface area contributed by atoms with Crippen LogP contribution in [0, 0.1) is 17.8 Å². The molecular formula is C46H82N14O13. The normalized spacial score (nSPS) is 17.3. The lowest BCUT2D eigenvalue weighted by Gasteiger charge is -2.34. The first-order chi connectivity index (χ1) is 34.0. The van der Waals surface area contributed by atoms with E-state index in [1.54, 1.807) is 41.5 Å². The Balaban J connectivity index is 3.36. The molecule has 0 unspecified atom stereocenters. The highest BCUT2D eigenvalue weighted by atomic mass is 16.3. The fraction of sp³-hybridized carbons (Fsp3) is 0.739. The molecule has 73 heavy (non-hydrogen) atoms. The second-order valence-electron chi connectivity index (χ2n) is 18.9. The van der Waals surface area contributed by atoms with Crippen molar-refractivity contribution in [3.05, 3.63) is 0 Å². The molecule has 0 radical (unpaired) electrons. The number of hydrogen-bond acceptors (Lipinski definition) is 14. The van der Waals surface area contributed by atoms with Crippen LogP contribution >= 0.6 is 0 Å². The number of aliphatic imine (C=N–C) groups is 1. The average Bonchev–Trinajstić information content (AvgIpc) is 3.82. The van der Waals surface area contributed by atoms with Gasteiger partial charge in [-0.3, -0.25) is 57.7 Å². The van der Waals surface area contributed by atoms with Crippen LogP contribution in [-0.4, -0.2) is 197 Å². The number of carbonyl (C=O) groups is 11. The second-order valence-corrected chi connectivity index (χ2v) is 18.9. The summed E-state index contributed by atoms with van der Waals surface area (Å²) in [5, 5.41) is 39.1. The summed E-state index contributed by atoms with van der Waals surface area (Å²) in [6, 6.07) is -10.6. The van der Waals surface area contributed by atoms with Gasteiger partial charge >= 0.3 is 0 Å². The van der Waals surface area contributed by atoms with Gasteiger partial charge in [-0.15, -0.1) is 0 Å². The lowest BCUT2D eigenvalue weighted by atomic mass is 9.95. The first kappa shape index (κ1) is 64.4. The van der Waals surface area contributed by atoms with E-state index < -0.39 is 144 Å². The van der Waals surface area contributed by atoms with E-state index in [1.807, 2.05) is 0 Å². The Kier molecular flexibility index (Phi) is 27.4. The lowest BCUT2D eigenvalue weighted by molar-refractivity contribution is -0.147.